The molecule has 0 aliphatic carbocycles. The van der Waals surface area contributed by atoms with Gasteiger partial charge in [-0.2, -0.15) is 5.10 Å². The summed E-state index contributed by atoms with van der Waals surface area (Å²) >= 11 is 0. The van der Waals surface area contributed by atoms with Gasteiger partial charge in [0.2, 0.25) is 0 Å². The predicted molar refractivity (Wildman–Crippen MR) is 106 cm³/mol. The van der Waals surface area contributed by atoms with E-state index in [-0.39, 0.29) is 0 Å². The van der Waals surface area contributed by atoms with Gasteiger partial charge in [0.1, 0.15) is 5.82 Å². The second-order valence-electron chi connectivity index (χ2n) is 7.46. The average Bonchev–Trinajstić information content (AvgIpc) is 3.25. The van der Waals surface area contributed by atoms with Crippen LogP contribution in [0, 0.1) is 13.8 Å². The van der Waals surface area contributed by atoms with Gasteiger partial charge in [0.05, 0.1) is 5.69 Å². The number of hydrogen-bond acceptors (Lipinski definition) is 4. The van der Waals surface area contributed by atoms with E-state index >= 15 is 0 Å². The molecule has 6 nitrogen and oxygen atoms in total. The number of piperidine rings is 1. The average molecular weight is 364 g/mol. The van der Waals surface area contributed by atoms with Gasteiger partial charge in [-0.05, 0) is 52.3 Å². The molecule has 0 radical (unpaired) electrons. The van der Waals surface area contributed by atoms with Gasteiger partial charge in [0.15, 0.2) is 0 Å². The molecule has 142 valence electrons. The van der Waals surface area contributed by atoms with Gasteiger partial charge in [0.25, 0.3) is 0 Å². The zero-order valence-electron chi connectivity index (χ0n) is 16.5. The Balaban J connectivity index is 1.55. The van der Waals surface area contributed by atoms with Crippen molar-refractivity contribution in [2.75, 3.05) is 13.1 Å². The van der Waals surface area contributed by atoms with Crippen molar-refractivity contribution < 1.29 is 0 Å². The van der Waals surface area contributed by atoms with Crippen LogP contribution in [0.25, 0.3) is 11.4 Å². The van der Waals surface area contributed by atoms with E-state index in [0.29, 0.717) is 6.04 Å². The molecule has 0 saturated carbocycles. The zero-order chi connectivity index (χ0) is 18.8. The van der Waals surface area contributed by atoms with Crippen molar-refractivity contribution >= 4 is 0 Å². The van der Waals surface area contributed by atoms with Crippen LogP contribution in [0.15, 0.2) is 36.9 Å². The molecular weight excluding hydrogens is 336 g/mol. The molecule has 1 unspecified atom stereocenters. The van der Waals surface area contributed by atoms with Crippen LogP contribution >= 0.6 is 0 Å². The van der Waals surface area contributed by atoms with Gasteiger partial charge in [-0.15, -0.1) is 0 Å². The Labute approximate surface area is 160 Å². The van der Waals surface area contributed by atoms with Gasteiger partial charge in [-0.1, -0.05) is 0 Å². The first-order valence-corrected chi connectivity index (χ1v) is 9.85. The maximum absolute atomic E-state index is 4.70. The van der Waals surface area contributed by atoms with Crippen molar-refractivity contribution in [1.29, 1.82) is 0 Å². The molecule has 1 aliphatic rings. The Kier molecular flexibility index (Phi) is 5.07. The number of likely N-dealkylation sites (tertiary alicyclic amines) is 1. The molecule has 3 aromatic rings. The van der Waals surface area contributed by atoms with Gasteiger partial charge in [0, 0.05) is 67.3 Å². The molecule has 0 spiro atoms. The van der Waals surface area contributed by atoms with Gasteiger partial charge < -0.3 is 4.57 Å². The van der Waals surface area contributed by atoms with E-state index in [1.807, 2.05) is 35.4 Å². The quantitative estimate of drug-likeness (QED) is 0.694. The summed E-state index contributed by atoms with van der Waals surface area (Å²) in [7, 11) is 0. The minimum Gasteiger partial charge on any atom is -0.324 e. The number of aryl methyl sites for hydroxylation is 3. The Morgan fingerprint density at radius 1 is 1.19 bits per heavy atom. The maximum atomic E-state index is 4.70. The molecule has 3 aromatic heterocycles. The molecule has 4 rings (SSSR count). The third-order valence-electron chi connectivity index (χ3n) is 5.53. The van der Waals surface area contributed by atoms with E-state index in [4.69, 9.17) is 4.98 Å². The number of imidazole rings is 1. The van der Waals surface area contributed by atoms with Crippen molar-refractivity contribution in [1.82, 2.24) is 29.2 Å². The lowest BCUT2D eigenvalue weighted by Crippen LogP contribution is -2.36. The summed E-state index contributed by atoms with van der Waals surface area (Å²) in [5, 5.41) is 4.60. The number of nitrogens with zero attached hydrogens (tertiary/aromatic N) is 6. The van der Waals surface area contributed by atoms with Gasteiger partial charge in [-0.3, -0.25) is 14.6 Å². The number of hydrogen-bond donors (Lipinski definition) is 0. The van der Waals surface area contributed by atoms with Gasteiger partial charge >= 0.3 is 0 Å². The van der Waals surface area contributed by atoms with Crippen LogP contribution in [0.5, 0.6) is 0 Å². The minimum absolute atomic E-state index is 0.450. The van der Waals surface area contributed by atoms with Gasteiger partial charge in [-0.25, -0.2) is 4.98 Å². The third kappa shape index (κ3) is 3.67. The van der Waals surface area contributed by atoms with Crippen LogP contribution in [0.1, 0.15) is 42.8 Å². The smallest absolute Gasteiger partial charge is 0.140 e. The maximum Gasteiger partial charge on any atom is 0.140 e. The van der Waals surface area contributed by atoms with E-state index in [0.717, 1.165) is 43.3 Å². The van der Waals surface area contributed by atoms with E-state index in [9.17, 15) is 0 Å². The van der Waals surface area contributed by atoms with Crippen molar-refractivity contribution in [3.8, 4) is 11.4 Å². The van der Waals surface area contributed by atoms with E-state index in [1.165, 1.54) is 24.1 Å². The SMILES string of the molecule is CCn1cc(CN2CCCC(n3c(C)cnc3-c3ccncc3)C2)c(C)n1. The fraction of sp³-hybridized carbons (Fsp3) is 0.476. The van der Waals surface area contributed by atoms with Crippen LogP contribution in [0.3, 0.4) is 0 Å². The predicted octanol–water partition coefficient (Wildman–Crippen LogP) is 3.62. The number of aromatic nitrogens is 5. The molecular formula is C21H28N6. The Morgan fingerprint density at radius 3 is 2.74 bits per heavy atom. The summed E-state index contributed by atoms with van der Waals surface area (Å²) in [5.74, 6) is 1.05. The van der Waals surface area contributed by atoms with Crippen molar-refractivity contribution in [2.45, 2.75) is 52.7 Å². The first kappa shape index (κ1) is 17.9. The van der Waals surface area contributed by atoms with E-state index in [2.05, 4.69) is 46.5 Å². The molecule has 0 N–H and O–H groups in total. The topological polar surface area (TPSA) is 51.8 Å². The molecule has 27 heavy (non-hydrogen) atoms. The van der Waals surface area contributed by atoms with Crippen LogP contribution in [-0.2, 0) is 13.1 Å². The summed E-state index contributed by atoms with van der Waals surface area (Å²) in [6.45, 7) is 10.5. The van der Waals surface area contributed by atoms with E-state index in [1.54, 1.807) is 0 Å². The third-order valence-corrected chi connectivity index (χ3v) is 5.53. The lowest BCUT2D eigenvalue weighted by Gasteiger charge is -2.34. The Bertz CT molecular complexity index is 895. The number of rotatable bonds is 5. The van der Waals surface area contributed by atoms with Crippen LogP contribution in [0.4, 0.5) is 0 Å². The zero-order valence-corrected chi connectivity index (χ0v) is 16.5. The summed E-state index contributed by atoms with van der Waals surface area (Å²) < 4.78 is 4.46. The Hall–Kier alpha value is -2.47. The lowest BCUT2D eigenvalue weighted by atomic mass is 10.0. The summed E-state index contributed by atoms with van der Waals surface area (Å²) in [6, 6.07) is 4.54. The summed E-state index contributed by atoms with van der Waals surface area (Å²) in [6.07, 6.45) is 10.3. The Morgan fingerprint density at radius 2 is 2.00 bits per heavy atom. The number of pyridine rings is 1. The molecule has 0 bridgehead atoms. The van der Waals surface area contributed by atoms with Crippen LogP contribution < -0.4 is 0 Å². The first-order valence-electron chi connectivity index (χ1n) is 9.85. The molecule has 0 aromatic carbocycles. The fourth-order valence-electron chi connectivity index (χ4n) is 4.12. The minimum atomic E-state index is 0.450. The molecule has 6 heteroatoms. The molecule has 1 fully saturated rings. The molecule has 0 amide bonds. The first-order chi connectivity index (χ1) is 13.2. The molecule has 1 atom stereocenters. The second-order valence-corrected chi connectivity index (χ2v) is 7.46. The van der Waals surface area contributed by atoms with Crippen LogP contribution in [-0.4, -0.2) is 42.3 Å². The highest BCUT2D eigenvalue weighted by molar-refractivity contribution is 5.55. The van der Waals surface area contributed by atoms with Crippen molar-refractivity contribution in [2.24, 2.45) is 0 Å². The molecule has 1 aliphatic heterocycles. The standard InChI is InChI=1S/C21H28N6/c1-4-26-14-19(17(3)24-26)13-25-11-5-6-20(15-25)27-16(2)12-23-21(27)18-7-9-22-10-8-18/h7-10,12,14,20H,4-6,11,13,15H2,1-3H3. The normalized spacial score (nSPS) is 18.1. The highest BCUT2D eigenvalue weighted by Crippen LogP contribution is 2.30. The van der Waals surface area contributed by atoms with Crippen molar-refractivity contribution in [3.05, 3.63) is 53.9 Å². The fourth-order valence-corrected chi connectivity index (χ4v) is 4.12. The van der Waals surface area contributed by atoms with Crippen molar-refractivity contribution in [3.63, 3.8) is 0 Å². The molecule has 4 heterocycles. The van der Waals surface area contributed by atoms with E-state index < -0.39 is 0 Å². The monoisotopic (exact) mass is 364 g/mol. The largest absolute Gasteiger partial charge is 0.324 e. The highest BCUT2D eigenvalue weighted by Gasteiger charge is 2.25. The lowest BCUT2D eigenvalue weighted by molar-refractivity contribution is 0.169. The summed E-state index contributed by atoms with van der Waals surface area (Å²) in [5.41, 5.74) is 4.85. The van der Waals surface area contributed by atoms with Crippen LogP contribution in [0.2, 0.25) is 0 Å². The molecule has 1 saturated heterocycles. The second kappa shape index (κ2) is 7.64. The highest BCUT2D eigenvalue weighted by atomic mass is 15.3. The summed E-state index contributed by atoms with van der Waals surface area (Å²) in [4.78, 5) is 11.4.